The summed E-state index contributed by atoms with van der Waals surface area (Å²) in [5.74, 6) is -0.228. The summed E-state index contributed by atoms with van der Waals surface area (Å²) in [5.41, 5.74) is 0. The van der Waals surface area contributed by atoms with Gasteiger partial charge in [0.2, 0.25) is 0 Å². The second-order valence-electron chi connectivity index (χ2n) is 4.57. The van der Waals surface area contributed by atoms with Crippen molar-refractivity contribution in [3.63, 3.8) is 0 Å². The maximum atomic E-state index is 11.0. The number of carboxylic acids is 1. The van der Waals surface area contributed by atoms with Gasteiger partial charge < -0.3 is 14.6 Å². The first kappa shape index (κ1) is 15.8. The topological polar surface area (TPSA) is 55.8 Å². The van der Waals surface area contributed by atoms with Crippen molar-refractivity contribution in [2.75, 3.05) is 13.2 Å². The fourth-order valence-electron chi connectivity index (χ4n) is 2.05. The molecule has 0 amide bonds. The number of carboxylic acid groups (broad SMARTS) is 1. The Labute approximate surface area is 131 Å². The molecule has 0 aliphatic heterocycles. The maximum absolute atomic E-state index is 11.0. The summed E-state index contributed by atoms with van der Waals surface area (Å²) in [6.45, 7) is 2.46. The molecule has 5 heteroatoms. The first-order valence-corrected chi connectivity index (χ1v) is 7.56. The summed E-state index contributed by atoms with van der Waals surface area (Å²) in [6, 6.07) is 11.8. The van der Waals surface area contributed by atoms with Gasteiger partial charge in [-0.3, -0.25) is 0 Å². The van der Waals surface area contributed by atoms with Gasteiger partial charge in [0, 0.05) is 17.5 Å². The highest BCUT2D eigenvalue weighted by atomic mass is 79.9. The number of hydrogen-bond acceptors (Lipinski definition) is 3. The molecular weight excluding hydrogens is 336 g/mol. The highest BCUT2D eigenvalue weighted by Gasteiger charge is 2.17. The van der Waals surface area contributed by atoms with Crippen LogP contribution in [-0.2, 0) is 9.53 Å². The molecule has 4 nitrogen and oxygen atoms in total. The number of ether oxygens (including phenoxy) is 2. The molecule has 0 fully saturated rings. The summed E-state index contributed by atoms with van der Waals surface area (Å²) < 4.78 is 11.8. The molecule has 1 N–H and O–H groups in total. The zero-order valence-corrected chi connectivity index (χ0v) is 13.3. The summed E-state index contributed by atoms with van der Waals surface area (Å²) in [7, 11) is 0. The predicted octanol–water partition coefficient (Wildman–Crippen LogP) is 3.86. The van der Waals surface area contributed by atoms with E-state index in [0.29, 0.717) is 19.6 Å². The largest absolute Gasteiger partial charge is 0.493 e. The van der Waals surface area contributed by atoms with Gasteiger partial charge in [-0.05, 0) is 42.0 Å². The molecule has 1 atom stereocenters. The van der Waals surface area contributed by atoms with Crippen LogP contribution < -0.4 is 4.74 Å². The molecule has 0 heterocycles. The zero-order chi connectivity index (χ0) is 15.2. The van der Waals surface area contributed by atoms with Crippen molar-refractivity contribution in [1.29, 1.82) is 0 Å². The van der Waals surface area contributed by atoms with Gasteiger partial charge >= 0.3 is 5.97 Å². The van der Waals surface area contributed by atoms with Crippen LogP contribution in [0.15, 0.2) is 40.9 Å². The van der Waals surface area contributed by atoms with Crippen molar-refractivity contribution < 1.29 is 19.4 Å². The van der Waals surface area contributed by atoms with Crippen molar-refractivity contribution >= 4 is 32.7 Å². The molecule has 0 aromatic heterocycles. The third-order valence-corrected chi connectivity index (χ3v) is 3.56. The van der Waals surface area contributed by atoms with E-state index < -0.39 is 12.1 Å². The van der Waals surface area contributed by atoms with E-state index in [1.807, 2.05) is 36.4 Å². The van der Waals surface area contributed by atoms with Crippen LogP contribution in [0.25, 0.3) is 10.8 Å². The first-order chi connectivity index (χ1) is 10.1. The summed E-state index contributed by atoms with van der Waals surface area (Å²) in [6.07, 6.45) is -0.493. The number of aliphatic carboxylic acids is 1. The van der Waals surface area contributed by atoms with Crippen LogP contribution in [0.4, 0.5) is 0 Å². The molecule has 0 radical (unpaired) electrons. The van der Waals surface area contributed by atoms with Crippen LogP contribution in [0.2, 0.25) is 0 Å². The zero-order valence-electron chi connectivity index (χ0n) is 11.7. The minimum absolute atomic E-state index is 0.305. The molecule has 1 unspecified atom stereocenters. The molecule has 2 rings (SSSR count). The Balaban J connectivity index is 1.97. The third kappa shape index (κ3) is 4.44. The fraction of sp³-hybridized carbons (Fsp3) is 0.312. The minimum atomic E-state index is -0.955. The highest BCUT2D eigenvalue weighted by molar-refractivity contribution is 9.10. The van der Waals surface area contributed by atoms with E-state index in [-0.39, 0.29) is 0 Å². The van der Waals surface area contributed by atoms with Crippen molar-refractivity contribution in [3.05, 3.63) is 40.9 Å². The molecule has 2 aromatic carbocycles. The number of halogens is 1. The molecule has 112 valence electrons. The van der Waals surface area contributed by atoms with Gasteiger partial charge in [-0.15, -0.1) is 0 Å². The Kier molecular flexibility index (Phi) is 5.59. The SMILES string of the molecule is CCOC(CCOc1ccc2cc(Br)ccc2c1)C(=O)O. The first-order valence-electron chi connectivity index (χ1n) is 6.76. The molecule has 2 aromatic rings. The van der Waals surface area contributed by atoms with E-state index in [0.717, 1.165) is 21.0 Å². The molecule has 0 aliphatic rings. The Bertz CT molecular complexity index is 627. The van der Waals surface area contributed by atoms with Gasteiger partial charge in [0.05, 0.1) is 6.61 Å². The van der Waals surface area contributed by atoms with Crippen LogP contribution in [0.1, 0.15) is 13.3 Å². The smallest absolute Gasteiger partial charge is 0.332 e. The van der Waals surface area contributed by atoms with Crippen LogP contribution in [0.3, 0.4) is 0 Å². The van der Waals surface area contributed by atoms with Gasteiger partial charge in [0.1, 0.15) is 5.75 Å². The summed E-state index contributed by atoms with van der Waals surface area (Å²) in [5, 5.41) is 11.2. The minimum Gasteiger partial charge on any atom is -0.493 e. The number of hydrogen-bond donors (Lipinski definition) is 1. The Morgan fingerprint density at radius 3 is 2.67 bits per heavy atom. The lowest BCUT2D eigenvalue weighted by atomic mass is 10.1. The average molecular weight is 353 g/mol. The second-order valence-corrected chi connectivity index (χ2v) is 5.49. The van der Waals surface area contributed by atoms with Crippen LogP contribution in [-0.4, -0.2) is 30.4 Å². The van der Waals surface area contributed by atoms with E-state index in [1.165, 1.54) is 0 Å². The molecule has 0 aliphatic carbocycles. The van der Waals surface area contributed by atoms with Crippen molar-refractivity contribution in [3.8, 4) is 5.75 Å². The Morgan fingerprint density at radius 1 is 1.24 bits per heavy atom. The average Bonchev–Trinajstić information content (AvgIpc) is 2.46. The van der Waals surface area contributed by atoms with Crippen molar-refractivity contribution in [2.45, 2.75) is 19.4 Å². The van der Waals surface area contributed by atoms with Crippen LogP contribution >= 0.6 is 15.9 Å². The second kappa shape index (κ2) is 7.43. The van der Waals surface area contributed by atoms with E-state index in [1.54, 1.807) is 6.92 Å². The number of carbonyl (C=O) groups is 1. The van der Waals surface area contributed by atoms with Gasteiger partial charge in [-0.1, -0.05) is 28.1 Å². The quantitative estimate of drug-likeness (QED) is 0.821. The van der Waals surface area contributed by atoms with Crippen LogP contribution in [0, 0.1) is 0 Å². The molecule has 21 heavy (non-hydrogen) atoms. The number of rotatable bonds is 7. The Morgan fingerprint density at radius 2 is 1.95 bits per heavy atom. The van der Waals surface area contributed by atoms with E-state index >= 15 is 0 Å². The van der Waals surface area contributed by atoms with Crippen LogP contribution in [0.5, 0.6) is 5.75 Å². The van der Waals surface area contributed by atoms with E-state index in [4.69, 9.17) is 14.6 Å². The predicted molar refractivity (Wildman–Crippen MR) is 84.8 cm³/mol. The fourth-order valence-corrected chi connectivity index (χ4v) is 2.43. The normalized spacial score (nSPS) is 12.3. The number of benzene rings is 2. The number of fused-ring (bicyclic) bond motifs is 1. The lowest BCUT2D eigenvalue weighted by molar-refractivity contribution is -0.150. The van der Waals surface area contributed by atoms with Gasteiger partial charge in [-0.25, -0.2) is 4.79 Å². The lowest BCUT2D eigenvalue weighted by Gasteiger charge is -2.13. The van der Waals surface area contributed by atoms with Gasteiger partial charge in [0.25, 0.3) is 0 Å². The third-order valence-electron chi connectivity index (χ3n) is 3.07. The highest BCUT2D eigenvalue weighted by Crippen LogP contribution is 2.24. The van der Waals surface area contributed by atoms with E-state index in [2.05, 4.69) is 15.9 Å². The van der Waals surface area contributed by atoms with Crippen molar-refractivity contribution in [1.82, 2.24) is 0 Å². The molecule has 0 bridgehead atoms. The molecule has 0 spiro atoms. The van der Waals surface area contributed by atoms with Gasteiger partial charge in [-0.2, -0.15) is 0 Å². The molecular formula is C16H17BrO4. The monoisotopic (exact) mass is 352 g/mol. The molecule has 0 saturated heterocycles. The van der Waals surface area contributed by atoms with E-state index in [9.17, 15) is 4.79 Å². The summed E-state index contributed by atoms with van der Waals surface area (Å²) >= 11 is 3.44. The lowest BCUT2D eigenvalue weighted by Crippen LogP contribution is -2.26. The summed E-state index contributed by atoms with van der Waals surface area (Å²) in [4.78, 5) is 11.0. The van der Waals surface area contributed by atoms with Gasteiger partial charge in [0.15, 0.2) is 6.10 Å². The van der Waals surface area contributed by atoms with Crippen molar-refractivity contribution in [2.24, 2.45) is 0 Å². The maximum Gasteiger partial charge on any atom is 0.332 e. The Hall–Kier alpha value is -1.59. The standard InChI is InChI=1S/C16H17BrO4/c1-2-20-15(16(18)19)7-8-21-14-6-4-11-9-13(17)5-3-12(11)10-14/h3-6,9-10,15H,2,7-8H2,1H3,(H,18,19). The molecule has 0 saturated carbocycles.